The van der Waals surface area contributed by atoms with Gasteiger partial charge in [0.25, 0.3) is 0 Å². The summed E-state index contributed by atoms with van der Waals surface area (Å²) in [6, 6.07) is 5.39. The molecule has 0 amide bonds. The fraction of sp³-hybridized carbons (Fsp3) is 0.250. The van der Waals surface area contributed by atoms with E-state index in [0.717, 1.165) is 19.1 Å². The zero-order valence-corrected chi connectivity index (χ0v) is 9.18. The standard InChI is InChI=1S/C12H13N3O2/c13-7-9(12(16)17)11(8-4-5-8)15-10-3-1-2-6-14-10/h1-3,6-8,13H,4-5H2,(H,14,15)(H,16,17)/b11-9+,13-7?. The van der Waals surface area contributed by atoms with Gasteiger partial charge in [-0.25, -0.2) is 9.78 Å². The molecule has 0 saturated heterocycles. The van der Waals surface area contributed by atoms with E-state index in [4.69, 9.17) is 10.5 Å². The van der Waals surface area contributed by atoms with Gasteiger partial charge in [0.05, 0.1) is 5.57 Å². The topological polar surface area (TPSA) is 86.1 Å². The fourth-order valence-corrected chi connectivity index (χ4v) is 1.59. The van der Waals surface area contributed by atoms with Gasteiger partial charge in [-0.15, -0.1) is 0 Å². The van der Waals surface area contributed by atoms with Crippen molar-refractivity contribution in [1.29, 1.82) is 5.41 Å². The molecular formula is C12H13N3O2. The summed E-state index contributed by atoms with van der Waals surface area (Å²) in [5, 5.41) is 19.2. The quantitative estimate of drug-likeness (QED) is 0.533. The van der Waals surface area contributed by atoms with Gasteiger partial charge in [-0.2, -0.15) is 0 Å². The van der Waals surface area contributed by atoms with Crippen LogP contribution >= 0.6 is 0 Å². The first-order valence-electron chi connectivity index (χ1n) is 5.38. The predicted octanol–water partition coefficient (Wildman–Crippen LogP) is 1.89. The number of anilines is 1. The molecule has 1 heterocycles. The van der Waals surface area contributed by atoms with Crippen LogP contribution in [0.1, 0.15) is 12.8 Å². The second-order valence-electron chi connectivity index (χ2n) is 3.89. The second-order valence-corrected chi connectivity index (χ2v) is 3.89. The summed E-state index contributed by atoms with van der Waals surface area (Å²) in [7, 11) is 0. The van der Waals surface area contributed by atoms with E-state index in [2.05, 4.69) is 10.3 Å². The zero-order chi connectivity index (χ0) is 12.3. The van der Waals surface area contributed by atoms with Crippen molar-refractivity contribution in [3.05, 3.63) is 35.7 Å². The number of pyridine rings is 1. The molecule has 0 atom stereocenters. The number of carboxylic acid groups (broad SMARTS) is 1. The minimum Gasteiger partial charge on any atom is -0.478 e. The maximum absolute atomic E-state index is 11.0. The van der Waals surface area contributed by atoms with Gasteiger partial charge in [-0.05, 0) is 25.0 Å². The molecule has 1 aromatic heterocycles. The SMILES string of the molecule is N=C/C(C(=O)O)=C(\Nc1ccccn1)C1CC1. The summed E-state index contributed by atoms with van der Waals surface area (Å²) in [6.07, 6.45) is 4.43. The minimum absolute atomic E-state index is 0.0122. The number of rotatable bonds is 5. The molecule has 1 aromatic rings. The Kier molecular flexibility index (Phi) is 3.18. The summed E-state index contributed by atoms with van der Waals surface area (Å²) in [6.45, 7) is 0. The molecule has 5 heteroatoms. The molecule has 5 nitrogen and oxygen atoms in total. The number of nitrogens with one attached hydrogen (secondary N) is 2. The number of nitrogens with zero attached hydrogens (tertiary/aromatic N) is 1. The van der Waals surface area contributed by atoms with Crippen LogP contribution in [0, 0.1) is 11.3 Å². The van der Waals surface area contributed by atoms with Crippen molar-refractivity contribution < 1.29 is 9.90 Å². The number of aromatic nitrogens is 1. The molecule has 17 heavy (non-hydrogen) atoms. The molecular weight excluding hydrogens is 218 g/mol. The molecule has 0 radical (unpaired) electrons. The van der Waals surface area contributed by atoms with E-state index in [-0.39, 0.29) is 11.5 Å². The fourth-order valence-electron chi connectivity index (χ4n) is 1.59. The lowest BCUT2D eigenvalue weighted by molar-refractivity contribution is -0.132. The van der Waals surface area contributed by atoms with E-state index in [1.54, 1.807) is 18.3 Å². The molecule has 1 fully saturated rings. The Balaban J connectivity index is 2.30. The highest BCUT2D eigenvalue weighted by molar-refractivity contribution is 6.08. The maximum atomic E-state index is 11.0. The Bertz CT molecular complexity index is 464. The highest BCUT2D eigenvalue weighted by atomic mass is 16.4. The van der Waals surface area contributed by atoms with Crippen LogP contribution in [0.15, 0.2) is 35.7 Å². The summed E-state index contributed by atoms with van der Waals surface area (Å²) in [5.41, 5.74) is 0.601. The van der Waals surface area contributed by atoms with E-state index in [1.807, 2.05) is 6.07 Å². The minimum atomic E-state index is -1.08. The van der Waals surface area contributed by atoms with Crippen molar-refractivity contribution in [2.24, 2.45) is 5.92 Å². The molecule has 3 N–H and O–H groups in total. The van der Waals surface area contributed by atoms with Crippen molar-refractivity contribution in [3.63, 3.8) is 0 Å². The molecule has 0 bridgehead atoms. The van der Waals surface area contributed by atoms with Gasteiger partial charge in [-0.1, -0.05) is 6.07 Å². The number of aliphatic carboxylic acids is 1. The number of carbonyl (C=O) groups is 1. The number of hydrogen-bond acceptors (Lipinski definition) is 4. The Labute approximate surface area is 98.7 Å². The molecule has 1 saturated carbocycles. The monoisotopic (exact) mass is 231 g/mol. The third kappa shape index (κ3) is 2.69. The van der Waals surface area contributed by atoms with Crippen LogP contribution in [0.4, 0.5) is 5.82 Å². The van der Waals surface area contributed by atoms with Gasteiger partial charge < -0.3 is 15.8 Å². The summed E-state index contributed by atoms with van der Waals surface area (Å²) >= 11 is 0. The van der Waals surface area contributed by atoms with Gasteiger partial charge in [0.2, 0.25) is 0 Å². The van der Waals surface area contributed by atoms with E-state index >= 15 is 0 Å². The highest BCUT2D eigenvalue weighted by Crippen LogP contribution is 2.37. The van der Waals surface area contributed by atoms with Crippen molar-refractivity contribution >= 4 is 18.0 Å². The highest BCUT2D eigenvalue weighted by Gasteiger charge is 2.30. The lowest BCUT2D eigenvalue weighted by Crippen LogP contribution is -2.13. The third-order valence-electron chi connectivity index (χ3n) is 2.58. The summed E-state index contributed by atoms with van der Waals surface area (Å²) in [4.78, 5) is 15.1. The van der Waals surface area contributed by atoms with Crippen LogP contribution in [0.2, 0.25) is 0 Å². The number of allylic oxidation sites excluding steroid dienone is 1. The molecule has 1 aliphatic rings. The largest absolute Gasteiger partial charge is 0.478 e. The van der Waals surface area contributed by atoms with Crippen LogP contribution < -0.4 is 5.32 Å². The molecule has 0 aliphatic heterocycles. The van der Waals surface area contributed by atoms with Crippen LogP contribution in [0.3, 0.4) is 0 Å². The molecule has 88 valence electrons. The van der Waals surface area contributed by atoms with Crippen molar-refractivity contribution in [3.8, 4) is 0 Å². The second kappa shape index (κ2) is 4.78. The van der Waals surface area contributed by atoms with Gasteiger partial charge >= 0.3 is 5.97 Å². The van der Waals surface area contributed by atoms with Crippen molar-refractivity contribution in [2.45, 2.75) is 12.8 Å². The Morgan fingerprint density at radius 2 is 2.29 bits per heavy atom. The average Bonchev–Trinajstić information content (AvgIpc) is 3.13. The van der Waals surface area contributed by atoms with E-state index in [1.165, 1.54) is 0 Å². The lowest BCUT2D eigenvalue weighted by Gasteiger charge is -2.11. The van der Waals surface area contributed by atoms with E-state index in [0.29, 0.717) is 11.5 Å². The van der Waals surface area contributed by atoms with Crippen LogP contribution in [0.5, 0.6) is 0 Å². The Hall–Kier alpha value is -2.17. The summed E-state index contributed by atoms with van der Waals surface area (Å²) in [5.74, 6) is -0.259. The Morgan fingerprint density at radius 3 is 2.76 bits per heavy atom. The maximum Gasteiger partial charge on any atom is 0.339 e. The first-order valence-corrected chi connectivity index (χ1v) is 5.38. The number of carboxylic acids is 1. The number of hydrogen-bond donors (Lipinski definition) is 3. The summed E-state index contributed by atoms with van der Waals surface area (Å²) < 4.78 is 0. The molecule has 0 unspecified atom stereocenters. The molecule has 2 rings (SSSR count). The normalized spacial score (nSPS) is 16.0. The van der Waals surface area contributed by atoms with Crippen LogP contribution in [0.25, 0.3) is 0 Å². The van der Waals surface area contributed by atoms with E-state index in [9.17, 15) is 4.79 Å². The van der Waals surface area contributed by atoms with Gasteiger partial charge in [0, 0.05) is 24.0 Å². The average molecular weight is 231 g/mol. The zero-order valence-electron chi connectivity index (χ0n) is 9.18. The molecule has 0 spiro atoms. The Morgan fingerprint density at radius 1 is 1.53 bits per heavy atom. The van der Waals surface area contributed by atoms with Crippen LogP contribution in [-0.2, 0) is 4.79 Å². The van der Waals surface area contributed by atoms with Crippen LogP contribution in [-0.4, -0.2) is 22.3 Å². The molecule has 1 aliphatic carbocycles. The van der Waals surface area contributed by atoms with E-state index < -0.39 is 5.97 Å². The van der Waals surface area contributed by atoms with Crippen molar-refractivity contribution in [1.82, 2.24) is 4.98 Å². The predicted molar refractivity (Wildman–Crippen MR) is 64.0 cm³/mol. The first-order chi connectivity index (χ1) is 8.22. The third-order valence-corrected chi connectivity index (χ3v) is 2.58. The van der Waals surface area contributed by atoms with Crippen molar-refractivity contribution in [2.75, 3.05) is 5.32 Å². The van der Waals surface area contributed by atoms with Gasteiger partial charge in [0.1, 0.15) is 5.82 Å². The first kappa shape index (κ1) is 11.3. The van der Waals surface area contributed by atoms with Gasteiger partial charge in [0.15, 0.2) is 0 Å². The van der Waals surface area contributed by atoms with Gasteiger partial charge in [-0.3, -0.25) is 0 Å². The molecule has 0 aromatic carbocycles. The lowest BCUT2D eigenvalue weighted by atomic mass is 10.1. The smallest absolute Gasteiger partial charge is 0.339 e.